The summed E-state index contributed by atoms with van der Waals surface area (Å²) in [5.41, 5.74) is 27.0. The van der Waals surface area contributed by atoms with Crippen molar-refractivity contribution in [2.24, 2.45) is 0 Å². The minimum absolute atomic E-state index is 0.135. The number of aromatic nitrogens is 3. The molecule has 0 amide bonds. The first-order valence-corrected chi connectivity index (χ1v) is 34.4. The average molecular weight is 1240 g/mol. The van der Waals surface area contributed by atoms with E-state index in [4.69, 9.17) is 14.2 Å². The largest absolute Gasteiger partial charge is 0.458 e. The molecule has 0 bridgehead atoms. The van der Waals surface area contributed by atoms with E-state index >= 15 is 0 Å². The van der Waals surface area contributed by atoms with Gasteiger partial charge in [0.2, 0.25) is 0 Å². The molecule has 0 aliphatic carbocycles. The molecular formula is C80H49B3N6O3S2. The fourth-order valence-electron chi connectivity index (χ4n) is 17.3. The first kappa shape index (κ1) is 51.6. The van der Waals surface area contributed by atoms with Crippen LogP contribution in [0.2, 0.25) is 0 Å². The zero-order valence-electron chi connectivity index (χ0n) is 50.8. The second kappa shape index (κ2) is 18.8. The normalized spacial score (nSPS) is 14.0. The molecule has 6 aliphatic heterocycles. The second-order valence-electron chi connectivity index (χ2n) is 25.5. The number of para-hydroxylation sites is 8. The van der Waals surface area contributed by atoms with Gasteiger partial charge in [-0.2, -0.15) is 0 Å². The number of hydrogen-bond acceptors (Lipinski definition) is 8. The Morgan fingerprint density at radius 2 is 0.628 bits per heavy atom. The fourth-order valence-corrected chi connectivity index (χ4v) is 18.7. The lowest BCUT2D eigenvalue weighted by Crippen LogP contribution is -2.64. The number of benzene rings is 13. The van der Waals surface area contributed by atoms with Gasteiger partial charge in [0.25, 0.3) is 20.1 Å². The van der Waals surface area contributed by atoms with Crippen LogP contribution in [0.1, 0.15) is 0 Å². The Balaban J connectivity index is 0.788. The van der Waals surface area contributed by atoms with Gasteiger partial charge in [0.15, 0.2) is 0 Å². The maximum absolute atomic E-state index is 7.72. The summed E-state index contributed by atoms with van der Waals surface area (Å²) in [5.74, 6) is 5.12. The van der Waals surface area contributed by atoms with Gasteiger partial charge >= 0.3 is 0 Å². The maximum atomic E-state index is 7.72. The molecular weight excluding hydrogens is 1190 g/mol. The van der Waals surface area contributed by atoms with Gasteiger partial charge in [-0.15, -0.1) is 0 Å². The number of hydrogen-bond donors (Lipinski definition) is 1. The van der Waals surface area contributed by atoms with Crippen LogP contribution in [0.3, 0.4) is 0 Å². The Morgan fingerprint density at radius 3 is 1.07 bits per heavy atom. The highest BCUT2D eigenvalue weighted by atomic mass is 32.2. The number of rotatable bonds is 5. The highest BCUT2D eigenvalue weighted by Crippen LogP contribution is 2.48. The van der Waals surface area contributed by atoms with Crippen LogP contribution < -0.4 is 77.3 Å². The molecule has 0 atom stereocenters. The number of anilines is 6. The molecule has 0 fully saturated rings. The van der Waals surface area contributed by atoms with Gasteiger partial charge in [0, 0.05) is 86.2 Å². The molecule has 0 spiro atoms. The molecule has 0 saturated heterocycles. The molecule has 9 nitrogen and oxygen atoms in total. The van der Waals surface area contributed by atoms with Gasteiger partial charge in [-0.25, -0.2) is 0 Å². The fraction of sp³-hybridized carbons (Fsp3) is 0.0250. The van der Waals surface area contributed by atoms with Gasteiger partial charge < -0.3 is 33.2 Å². The van der Waals surface area contributed by atoms with Gasteiger partial charge in [-0.1, -0.05) is 158 Å². The van der Waals surface area contributed by atoms with E-state index in [1.54, 1.807) is 23.9 Å². The summed E-state index contributed by atoms with van der Waals surface area (Å²) in [7, 11) is 0. The summed E-state index contributed by atoms with van der Waals surface area (Å²) in [6, 6.07) is 93.7. The van der Waals surface area contributed by atoms with Gasteiger partial charge in [-0.05, 0) is 146 Å². The number of nitrogens with zero attached hydrogens (tertiary/aromatic N) is 5. The van der Waals surface area contributed by atoms with Crippen LogP contribution in [0.15, 0.2) is 255 Å². The van der Waals surface area contributed by atoms with Crippen molar-refractivity contribution < 1.29 is 14.2 Å². The lowest BCUT2D eigenvalue weighted by molar-refractivity contribution is 0.487. The van der Waals surface area contributed by atoms with E-state index in [9.17, 15) is 0 Å². The first-order chi connectivity index (χ1) is 46.5. The van der Waals surface area contributed by atoms with E-state index in [2.05, 4.69) is 295 Å². The predicted molar refractivity (Wildman–Crippen MR) is 397 cm³/mol. The van der Waals surface area contributed by atoms with E-state index in [0.717, 1.165) is 152 Å². The lowest BCUT2D eigenvalue weighted by atomic mass is 9.30. The van der Waals surface area contributed by atoms with E-state index in [1.165, 1.54) is 48.7 Å². The summed E-state index contributed by atoms with van der Waals surface area (Å²) >= 11 is 3.45. The molecule has 0 unspecified atom stereocenters. The predicted octanol–water partition coefficient (Wildman–Crippen LogP) is 14.4. The Bertz CT molecular complexity index is 5980. The standard InChI is InChI=1S/C80H49B3N6O3S2/c1-93-88-68-43-60-56(81-54-25-9-17-33-72(54)90-75-38-45(35-61(84-60)78(75)81)85-62-27-11-3-19-48(62)49-20-4-12-28-63(49)85)41-57(68)83-59-42-58-69(44-74(59)92-77-40-47(37-71(88)80(77)83)87-66-31-15-7-23-52(66)53-24-8-16-32-67(53)87)89(94-2)70-36-46(39-76-79(70)82(58)55-26-10-18-34-73(55)91-76)86-64-29-13-5-21-50(64)51-22-6-14-30-65(51)86/h3-44,84H,1-2H3. The molecule has 22 rings (SSSR count). The van der Waals surface area contributed by atoms with Crippen LogP contribution >= 0.6 is 23.9 Å². The molecule has 13 aromatic carbocycles. The Labute approximate surface area is 549 Å². The van der Waals surface area contributed by atoms with Crippen LogP contribution in [0.4, 0.5) is 34.1 Å². The van der Waals surface area contributed by atoms with Crippen LogP contribution in [0, 0.1) is 0 Å². The zero-order valence-corrected chi connectivity index (χ0v) is 52.4. The molecule has 3 aromatic heterocycles. The summed E-state index contributed by atoms with van der Waals surface area (Å²) in [4.78, 5) is 0. The van der Waals surface area contributed by atoms with Crippen molar-refractivity contribution in [3.63, 3.8) is 0 Å². The number of nitrogens with one attached hydrogen (secondary N) is 1. The number of ether oxygens (including phenoxy) is 3. The van der Waals surface area contributed by atoms with E-state index in [-0.39, 0.29) is 20.1 Å². The lowest BCUT2D eigenvalue weighted by Gasteiger charge is -2.43. The van der Waals surface area contributed by atoms with E-state index < -0.39 is 0 Å². The molecule has 16 aromatic rings. The molecule has 0 saturated carbocycles. The smallest absolute Gasteiger partial charge is 0.256 e. The second-order valence-corrected chi connectivity index (χ2v) is 26.9. The van der Waals surface area contributed by atoms with Gasteiger partial charge in [0.05, 0.1) is 67.2 Å². The maximum Gasteiger partial charge on any atom is 0.256 e. The molecule has 0 radical (unpaired) electrons. The van der Waals surface area contributed by atoms with Crippen LogP contribution in [0.25, 0.3) is 82.5 Å². The van der Waals surface area contributed by atoms with Crippen LogP contribution in [-0.2, 0) is 0 Å². The first-order valence-electron chi connectivity index (χ1n) is 32.1. The molecule has 1 N–H and O–H groups in total. The summed E-state index contributed by atoms with van der Waals surface area (Å²) in [5, 5.41) is 11.4. The van der Waals surface area contributed by atoms with Crippen molar-refractivity contribution in [3.05, 3.63) is 255 Å². The highest BCUT2D eigenvalue weighted by molar-refractivity contribution is 8.00. The Morgan fingerprint density at radius 1 is 0.277 bits per heavy atom. The molecule has 6 aliphatic rings. The quantitative estimate of drug-likeness (QED) is 0.135. The van der Waals surface area contributed by atoms with Crippen molar-refractivity contribution in [2.75, 3.05) is 26.4 Å². The van der Waals surface area contributed by atoms with Crippen molar-refractivity contribution in [3.8, 4) is 51.6 Å². The summed E-state index contributed by atoms with van der Waals surface area (Å²) < 4.78 is 34.1. The van der Waals surface area contributed by atoms with Crippen molar-refractivity contribution in [2.45, 2.75) is 0 Å². The van der Waals surface area contributed by atoms with Gasteiger partial charge in [0.1, 0.15) is 34.5 Å². The highest BCUT2D eigenvalue weighted by Gasteiger charge is 2.49. The Kier molecular flexibility index (Phi) is 10.3. The third-order valence-corrected chi connectivity index (χ3v) is 22.5. The Hall–Kier alpha value is -11.0. The minimum Gasteiger partial charge on any atom is -0.458 e. The summed E-state index contributed by atoms with van der Waals surface area (Å²) in [6.07, 6.45) is 4.40. The zero-order chi connectivity index (χ0) is 61.3. The topological polar surface area (TPSA) is 61.0 Å². The van der Waals surface area contributed by atoms with Crippen molar-refractivity contribution in [1.82, 2.24) is 13.7 Å². The molecule has 438 valence electrons. The monoisotopic (exact) mass is 1240 g/mol. The minimum atomic E-state index is -0.236. The average Bonchev–Trinajstić information content (AvgIpc) is 0.802. The van der Waals surface area contributed by atoms with Gasteiger partial charge in [-0.3, -0.25) is 8.61 Å². The number of fused-ring (bicyclic) bond motifs is 21. The van der Waals surface area contributed by atoms with E-state index in [1.807, 2.05) is 0 Å². The van der Waals surface area contributed by atoms with Crippen molar-refractivity contribution >= 4 is 193 Å². The van der Waals surface area contributed by atoms with Crippen LogP contribution in [-0.4, -0.2) is 46.4 Å². The molecule has 94 heavy (non-hydrogen) atoms. The molecule has 9 heterocycles. The SMILES string of the molecule is CSN1c2cc3c(cc2B2c4cc5c(cc4Oc4cc(-n6c7ccccc7c7ccccc76)cc1c42)N(SC)c1cc(-n2c4ccccc4c4ccccc42)cc2c1B5c1ccccc1O2)B1c2ccccc2Oc2cc(-n4c5ccccc5c5ccccc54)cc(c21)N3. The summed E-state index contributed by atoms with van der Waals surface area (Å²) in [6.45, 7) is -0.520. The van der Waals surface area contributed by atoms with E-state index in [0.29, 0.717) is 0 Å². The van der Waals surface area contributed by atoms with Crippen molar-refractivity contribution in [1.29, 1.82) is 0 Å². The third kappa shape index (κ3) is 6.75. The molecule has 14 heteroatoms. The third-order valence-electron chi connectivity index (χ3n) is 20.9. The van der Waals surface area contributed by atoms with Crippen LogP contribution in [0.5, 0.6) is 34.5 Å².